The standard InChI is InChI=1S/C21H16F2/c1-2-6-17-11-14-19(15-9-12-18(22)13-10-15)20(21(17)23)16-7-4-3-5-8-16/h2-5,7-14H,1,6H2. The Hall–Kier alpha value is -2.74. The zero-order chi connectivity index (χ0) is 16.2. The van der Waals surface area contributed by atoms with Crippen LogP contribution in [0.15, 0.2) is 79.4 Å². The molecular weight excluding hydrogens is 290 g/mol. The largest absolute Gasteiger partial charge is 0.207 e. The van der Waals surface area contributed by atoms with Crippen molar-refractivity contribution in [2.75, 3.05) is 0 Å². The van der Waals surface area contributed by atoms with E-state index in [0.717, 1.165) is 16.7 Å². The second-order valence-corrected chi connectivity index (χ2v) is 5.33. The zero-order valence-corrected chi connectivity index (χ0v) is 12.6. The van der Waals surface area contributed by atoms with Gasteiger partial charge in [-0.15, -0.1) is 6.58 Å². The summed E-state index contributed by atoms with van der Waals surface area (Å²) in [5.74, 6) is -0.559. The maximum atomic E-state index is 15.0. The Bertz CT molecular complexity index is 818. The molecule has 0 atom stereocenters. The van der Waals surface area contributed by atoms with Gasteiger partial charge in [-0.1, -0.05) is 60.7 Å². The molecule has 0 bridgehead atoms. The second-order valence-electron chi connectivity index (χ2n) is 5.33. The van der Waals surface area contributed by atoms with Crippen LogP contribution in [0.2, 0.25) is 0 Å². The Balaban J connectivity index is 2.25. The van der Waals surface area contributed by atoms with Gasteiger partial charge in [-0.25, -0.2) is 8.78 Å². The van der Waals surface area contributed by atoms with Crippen LogP contribution in [-0.4, -0.2) is 0 Å². The molecule has 0 unspecified atom stereocenters. The smallest absolute Gasteiger partial charge is 0.135 e. The quantitative estimate of drug-likeness (QED) is 0.516. The Morgan fingerprint density at radius 2 is 1.48 bits per heavy atom. The molecule has 3 rings (SSSR count). The van der Waals surface area contributed by atoms with Crippen LogP contribution in [0.5, 0.6) is 0 Å². The zero-order valence-electron chi connectivity index (χ0n) is 12.6. The summed E-state index contributed by atoms with van der Waals surface area (Å²) in [6, 6.07) is 19.2. The number of halogens is 2. The van der Waals surface area contributed by atoms with Crippen molar-refractivity contribution in [3.8, 4) is 22.3 Å². The van der Waals surface area contributed by atoms with Gasteiger partial charge in [0.25, 0.3) is 0 Å². The van der Waals surface area contributed by atoms with Gasteiger partial charge < -0.3 is 0 Å². The summed E-state index contributed by atoms with van der Waals surface area (Å²) in [5, 5.41) is 0. The van der Waals surface area contributed by atoms with Crippen molar-refractivity contribution in [2.24, 2.45) is 0 Å². The first-order valence-corrected chi connectivity index (χ1v) is 7.44. The lowest BCUT2D eigenvalue weighted by atomic mass is 9.91. The van der Waals surface area contributed by atoms with E-state index in [4.69, 9.17) is 0 Å². The fourth-order valence-corrected chi connectivity index (χ4v) is 2.69. The summed E-state index contributed by atoms with van der Waals surface area (Å²) >= 11 is 0. The predicted molar refractivity (Wildman–Crippen MR) is 91.1 cm³/mol. The van der Waals surface area contributed by atoms with Gasteiger partial charge in [0.05, 0.1) is 0 Å². The molecule has 0 aliphatic heterocycles. The molecule has 0 aliphatic rings. The molecule has 0 saturated carbocycles. The van der Waals surface area contributed by atoms with Gasteiger partial charge in [-0.3, -0.25) is 0 Å². The molecule has 0 spiro atoms. The maximum Gasteiger partial charge on any atom is 0.135 e. The molecule has 23 heavy (non-hydrogen) atoms. The van der Waals surface area contributed by atoms with E-state index in [1.807, 2.05) is 36.4 Å². The van der Waals surface area contributed by atoms with E-state index in [2.05, 4.69) is 6.58 Å². The number of allylic oxidation sites excluding steroid dienone is 1. The van der Waals surface area contributed by atoms with Crippen molar-refractivity contribution >= 4 is 0 Å². The highest BCUT2D eigenvalue weighted by Crippen LogP contribution is 2.36. The predicted octanol–water partition coefficient (Wildman–Crippen LogP) is 6.03. The highest BCUT2D eigenvalue weighted by atomic mass is 19.1. The van der Waals surface area contributed by atoms with E-state index in [9.17, 15) is 4.39 Å². The Morgan fingerprint density at radius 3 is 2.13 bits per heavy atom. The highest BCUT2D eigenvalue weighted by Gasteiger charge is 2.15. The summed E-state index contributed by atoms with van der Waals surface area (Å²) in [4.78, 5) is 0. The Kier molecular flexibility index (Phi) is 4.33. The van der Waals surface area contributed by atoms with Crippen LogP contribution in [0.25, 0.3) is 22.3 Å². The van der Waals surface area contributed by atoms with Crippen molar-refractivity contribution in [2.45, 2.75) is 6.42 Å². The minimum atomic E-state index is -0.307. The first-order valence-electron chi connectivity index (χ1n) is 7.44. The first kappa shape index (κ1) is 15.2. The molecule has 0 saturated heterocycles. The molecule has 0 heterocycles. The van der Waals surface area contributed by atoms with Gasteiger partial charge in [-0.05, 0) is 40.8 Å². The van der Waals surface area contributed by atoms with E-state index in [1.165, 1.54) is 12.1 Å². The summed E-state index contributed by atoms with van der Waals surface area (Å²) in [6.45, 7) is 3.68. The minimum absolute atomic E-state index is 0.252. The fraction of sp³-hybridized carbons (Fsp3) is 0.0476. The van der Waals surface area contributed by atoms with Crippen LogP contribution < -0.4 is 0 Å². The normalized spacial score (nSPS) is 10.5. The molecular formula is C21H16F2. The van der Waals surface area contributed by atoms with Gasteiger partial charge in [0.2, 0.25) is 0 Å². The Morgan fingerprint density at radius 1 is 0.783 bits per heavy atom. The molecule has 0 fully saturated rings. The van der Waals surface area contributed by atoms with E-state index < -0.39 is 0 Å². The molecule has 0 nitrogen and oxygen atoms in total. The van der Waals surface area contributed by atoms with E-state index in [1.54, 1.807) is 24.3 Å². The van der Waals surface area contributed by atoms with Crippen LogP contribution in [0.1, 0.15) is 5.56 Å². The SMILES string of the molecule is C=CCc1ccc(-c2ccc(F)cc2)c(-c2ccccc2)c1F. The van der Waals surface area contributed by atoms with E-state index >= 15 is 4.39 Å². The van der Waals surface area contributed by atoms with E-state index in [0.29, 0.717) is 17.5 Å². The second kappa shape index (κ2) is 6.57. The van der Waals surface area contributed by atoms with Crippen molar-refractivity contribution in [1.29, 1.82) is 0 Å². The van der Waals surface area contributed by atoms with Crippen LogP contribution >= 0.6 is 0 Å². The topological polar surface area (TPSA) is 0 Å². The van der Waals surface area contributed by atoms with Crippen LogP contribution in [0.4, 0.5) is 8.78 Å². The van der Waals surface area contributed by atoms with Crippen molar-refractivity contribution < 1.29 is 8.78 Å². The molecule has 3 aromatic rings. The molecule has 2 heteroatoms. The first-order chi connectivity index (χ1) is 11.2. The monoisotopic (exact) mass is 306 g/mol. The van der Waals surface area contributed by atoms with E-state index in [-0.39, 0.29) is 11.6 Å². The van der Waals surface area contributed by atoms with Crippen molar-refractivity contribution in [3.05, 3.63) is 96.6 Å². The minimum Gasteiger partial charge on any atom is -0.207 e. The molecule has 0 aromatic heterocycles. The van der Waals surface area contributed by atoms with Gasteiger partial charge >= 0.3 is 0 Å². The van der Waals surface area contributed by atoms with Gasteiger partial charge in [0.15, 0.2) is 0 Å². The molecule has 0 aliphatic carbocycles. The average Bonchev–Trinajstić information content (AvgIpc) is 2.58. The van der Waals surface area contributed by atoms with Crippen LogP contribution in [-0.2, 0) is 6.42 Å². The molecule has 0 amide bonds. The van der Waals surface area contributed by atoms with Crippen molar-refractivity contribution in [1.82, 2.24) is 0 Å². The third-order valence-corrected chi connectivity index (χ3v) is 3.80. The number of rotatable bonds is 4. The molecule has 0 radical (unpaired) electrons. The van der Waals surface area contributed by atoms with Gasteiger partial charge in [0.1, 0.15) is 11.6 Å². The van der Waals surface area contributed by atoms with Crippen molar-refractivity contribution in [3.63, 3.8) is 0 Å². The lowest BCUT2D eigenvalue weighted by molar-refractivity contribution is 0.619. The number of hydrogen-bond acceptors (Lipinski definition) is 0. The molecule has 0 N–H and O–H groups in total. The third kappa shape index (κ3) is 3.07. The lowest BCUT2D eigenvalue weighted by Gasteiger charge is -2.14. The third-order valence-electron chi connectivity index (χ3n) is 3.80. The van der Waals surface area contributed by atoms with Crippen LogP contribution in [0.3, 0.4) is 0 Å². The summed E-state index contributed by atoms with van der Waals surface area (Å²) < 4.78 is 28.2. The summed E-state index contributed by atoms with van der Waals surface area (Å²) in [5.41, 5.74) is 3.48. The maximum absolute atomic E-state index is 15.0. The number of benzene rings is 3. The fourth-order valence-electron chi connectivity index (χ4n) is 2.69. The van der Waals surface area contributed by atoms with Crippen LogP contribution in [0, 0.1) is 11.6 Å². The highest BCUT2D eigenvalue weighted by molar-refractivity contribution is 5.84. The Labute approximate surface area is 134 Å². The van der Waals surface area contributed by atoms with Gasteiger partial charge in [0, 0.05) is 5.56 Å². The molecule has 3 aromatic carbocycles. The molecule has 114 valence electrons. The van der Waals surface area contributed by atoms with Gasteiger partial charge in [-0.2, -0.15) is 0 Å². The lowest BCUT2D eigenvalue weighted by Crippen LogP contribution is -1.96. The number of hydrogen-bond donors (Lipinski definition) is 0. The summed E-state index contributed by atoms with van der Waals surface area (Å²) in [7, 11) is 0. The summed E-state index contributed by atoms with van der Waals surface area (Å²) in [6.07, 6.45) is 2.15. The average molecular weight is 306 g/mol.